The Labute approximate surface area is 127 Å². The molecule has 0 saturated carbocycles. The molecular weight excluding hydrogens is 294 g/mol. The van der Waals surface area contributed by atoms with Gasteiger partial charge in [0.15, 0.2) is 0 Å². The molecule has 21 heavy (non-hydrogen) atoms. The van der Waals surface area contributed by atoms with E-state index in [1.165, 1.54) is 18.4 Å². The number of rotatable bonds is 5. The van der Waals surface area contributed by atoms with Crippen molar-refractivity contribution in [3.05, 3.63) is 44.7 Å². The maximum Gasteiger partial charge on any atom is 0.288 e. The summed E-state index contributed by atoms with van der Waals surface area (Å²) >= 11 is 5.82. The van der Waals surface area contributed by atoms with Crippen LogP contribution in [0, 0.1) is 10.1 Å². The van der Waals surface area contributed by atoms with Crippen LogP contribution >= 0.6 is 11.6 Å². The number of carbonyl (C=O) groups excluding carboxylic acids is 1. The number of hydrogen-bond acceptors (Lipinski definition) is 4. The van der Waals surface area contributed by atoms with Crippen LogP contribution in [-0.2, 0) is 0 Å². The van der Waals surface area contributed by atoms with Crippen LogP contribution in [0.1, 0.15) is 42.5 Å². The van der Waals surface area contributed by atoms with Crippen molar-refractivity contribution in [3.63, 3.8) is 0 Å². The van der Waals surface area contributed by atoms with Crippen molar-refractivity contribution in [2.45, 2.75) is 32.1 Å². The van der Waals surface area contributed by atoms with Crippen molar-refractivity contribution in [2.75, 3.05) is 6.54 Å². The molecule has 0 radical (unpaired) electrons. The highest BCUT2D eigenvalue weighted by atomic mass is 35.5. The Morgan fingerprint density at radius 1 is 1.48 bits per heavy atom. The average molecular weight is 310 g/mol. The summed E-state index contributed by atoms with van der Waals surface area (Å²) in [6.45, 7) is 0.490. The third-order valence-electron chi connectivity index (χ3n) is 3.40. The molecule has 0 spiro atoms. The highest BCUT2D eigenvalue weighted by molar-refractivity contribution is 6.32. The summed E-state index contributed by atoms with van der Waals surface area (Å²) in [4.78, 5) is 25.8. The number of allylic oxidation sites excluding steroid dienone is 1. The van der Waals surface area contributed by atoms with E-state index in [-0.39, 0.29) is 16.4 Å². The Hall–Kier alpha value is -1.95. The predicted octanol–water partition coefficient (Wildman–Crippen LogP) is 3.26. The molecule has 0 bridgehead atoms. The molecule has 6 nitrogen and oxygen atoms in total. The van der Waals surface area contributed by atoms with Crippen LogP contribution in [-0.4, -0.2) is 22.4 Å². The zero-order valence-corrected chi connectivity index (χ0v) is 12.2. The molecule has 0 fully saturated rings. The fourth-order valence-corrected chi connectivity index (χ4v) is 2.45. The van der Waals surface area contributed by atoms with Crippen LogP contribution < -0.4 is 5.32 Å². The lowest BCUT2D eigenvalue weighted by Gasteiger charge is -2.13. The third kappa shape index (κ3) is 4.26. The van der Waals surface area contributed by atoms with Crippen molar-refractivity contribution in [2.24, 2.45) is 0 Å². The standard InChI is InChI=1S/C14H16ClN3O3/c15-13-12(8-11(9-17-13)18(20)21)14(19)16-7-6-10-4-2-1-3-5-10/h4,8-9H,1-3,5-7H2,(H,16,19). The second-order valence-electron chi connectivity index (χ2n) is 4.90. The molecule has 112 valence electrons. The zero-order valence-electron chi connectivity index (χ0n) is 11.5. The maximum absolute atomic E-state index is 12.0. The Bertz CT molecular complexity index is 587. The molecule has 0 atom stereocenters. The van der Waals surface area contributed by atoms with E-state index >= 15 is 0 Å². The molecule has 1 heterocycles. The van der Waals surface area contributed by atoms with E-state index in [1.807, 2.05) is 0 Å². The first-order valence-corrected chi connectivity index (χ1v) is 7.22. The van der Waals surface area contributed by atoms with E-state index in [0.717, 1.165) is 31.5 Å². The molecule has 0 unspecified atom stereocenters. The van der Waals surface area contributed by atoms with Crippen LogP contribution in [0.3, 0.4) is 0 Å². The summed E-state index contributed by atoms with van der Waals surface area (Å²) in [5, 5.41) is 13.4. The van der Waals surface area contributed by atoms with Gasteiger partial charge in [0, 0.05) is 12.6 Å². The quantitative estimate of drug-likeness (QED) is 0.391. The number of pyridine rings is 1. The molecule has 2 rings (SSSR count). The van der Waals surface area contributed by atoms with Crippen LogP contribution in [0.25, 0.3) is 0 Å². The number of nitrogens with zero attached hydrogens (tertiary/aromatic N) is 2. The predicted molar refractivity (Wildman–Crippen MR) is 79.4 cm³/mol. The number of amides is 1. The molecule has 1 N–H and O–H groups in total. The van der Waals surface area contributed by atoms with Crippen molar-refractivity contribution >= 4 is 23.2 Å². The Morgan fingerprint density at radius 2 is 2.29 bits per heavy atom. The highest BCUT2D eigenvalue weighted by Crippen LogP contribution is 2.20. The number of nitrogens with one attached hydrogen (secondary N) is 1. The Balaban J connectivity index is 1.95. The fourth-order valence-electron chi connectivity index (χ4n) is 2.26. The van der Waals surface area contributed by atoms with Gasteiger partial charge >= 0.3 is 0 Å². The molecule has 0 saturated heterocycles. The molecule has 1 aromatic rings. The van der Waals surface area contributed by atoms with Gasteiger partial charge in [0.05, 0.1) is 10.5 Å². The van der Waals surface area contributed by atoms with Gasteiger partial charge in [-0.2, -0.15) is 0 Å². The van der Waals surface area contributed by atoms with Crippen LogP contribution in [0.5, 0.6) is 0 Å². The SMILES string of the molecule is O=C(NCCC1=CCCCC1)c1cc([N+](=O)[O-])cnc1Cl. The van der Waals surface area contributed by atoms with Gasteiger partial charge in [-0.15, -0.1) is 0 Å². The van der Waals surface area contributed by atoms with Gasteiger partial charge in [-0.05, 0) is 32.1 Å². The topological polar surface area (TPSA) is 85.1 Å². The second-order valence-corrected chi connectivity index (χ2v) is 5.26. The monoisotopic (exact) mass is 309 g/mol. The summed E-state index contributed by atoms with van der Waals surface area (Å²) in [5.74, 6) is -0.437. The number of aromatic nitrogens is 1. The van der Waals surface area contributed by atoms with Gasteiger partial charge in [0.2, 0.25) is 0 Å². The first kappa shape index (κ1) is 15.4. The number of halogens is 1. The Morgan fingerprint density at radius 3 is 2.95 bits per heavy atom. The smallest absolute Gasteiger partial charge is 0.288 e. The fraction of sp³-hybridized carbons (Fsp3) is 0.429. The van der Waals surface area contributed by atoms with E-state index in [4.69, 9.17) is 11.6 Å². The summed E-state index contributed by atoms with van der Waals surface area (Å²) in [5.41, 5.74) is 1.13. The minimum atomic E-state index is -0.604. The lowest BCUT2D eigenvalue weighted by Crippen LogP contribution is -2.25. The van der Waals surface area contributed by atoms with Gasteiger partial charge < -0.3 is 5.32 Å². The number of carbonyl (C=O) groups is 1. The minimum absolute atomic E-state index is 0.0310. The van der Waals surface area contributed by atoms with Gasteiger partial charge in [0.25, 0.3) is 11.6 Å². The van der Waals surface area contributed by atoms with E-state index in [1.54, 1.807) is 0 Å². The van der Waals surface area contributed by atoms with E-state index < -0.39 is 10.8 Å². The lowest BCUT2D eigenvalue weighted by atomic mass is 9.97. The van der Waals surface area contributed by atoms with Crippen molar-refractivity contribution in [3.8, 4) is 0 Å². The molecule has 0 aromatic carbocycles. The second kappa shape index (κ2) is 7.17. The highest BCUT2D eigenvalue weighted by Gasteiger charge is 2.17. The first-order valence-electron chi connectivity index (χ1n) is 6.84. The molecule has 7 heteroatoms. The third-order valence-corrected chi connectivity index (χ3v) is 3.70. The van der Waals surface area contributed by atoms with E-state index in [2.05, 4.69) is 16.4 Å². The van der Waals surface area contributed by atoms with E-state index in [0.29, 0.717) is 6.54 Å². The number of nitro groups is 1. The minimum Gasteiger partial charge on any atom is -0.352 e. The van der Waals surface area contributed by atoms with Gasteiger partial charge in [-0.3, -0.25) is 14.9 Å². The summed E-state index contributed by atoms with van der Waals surface area (Å²) in [7, 11) is 0. The molecular formula is C14H16ClN3O3. The van der Waals surface area contributed by atoms with Crippen molar-refractivity contribution < 1.29 is 9.72 Å². The lowest BCUT2D eigenvalue weighted by molar-refractivity contribution is -0.385. The van der Waals surface area contributed by atoms with Crippen LogP contribution in [0.4, 0.5) is 5.69 Å². The first-order chi connectivity index (χ1) is 10.1. The van der Waals surface area contributed by atoms with Crippen molar-refractivity contribution in [1.82, 2.24) is 10.3 Å². The zero-order chi connectivity index (χ0) is 15.2. The average Bonchev–Trinajstić information content (AvgIpc) is 2.48. The molecule has 1 aliphatic carbocycles. The van der Waals surface area contributed by atoms with Crippen LogP contribution in [0.15, 0.2) is 23.9 Å². The molecule has 1 amide bonds. The maximum atomic E-state index is 12.0. The van der Waals surface area contributed by atoms with Crippen LogP contribution in [0.2, 0.25) is 5.15 Å². The summed E-state index contributed by atoms with van der Waals surface area (Å²) in [6, 6.07) is 1.14. The van der Waals surface area contributed by atoms with Gasteiger partial charge in [-0.1, -0.05) is 23.3 Å². The summed E-state index contributed by atoms with van der Waals surface area (Å²) < 4.78 is 0. The summed E-state index contributed by atoms with van der Waals surface area (Å²) in [6.07, 6.45) is 8.65. The van der Waals surface area contributed by atoms with Gasteiger partial charge in [-0.25, -0.2) is 4.98 Å². The number of hydrogen-bond donors (Lipinski definition) is 1. The largest absolute Gasteiger partial charge is 0.352 e. The normalized spacial score (nSPS) is 14.4. The molecule has 1 aliphatic rings. The van der Waals surface area contributed by atoms with E-state index in [9.17, 15) is 14.9 Å². The molecule has 0 aliphatic heterocycles. The Kier molecular flexibility index (Phi) is 5.27. The molecule has 1 aromatic heterocycles. The van der Waals surface area contributed by atoms with Crippen molar-refractivity contribution in [1.29, 1.82) is 0 Å². The van der Waals surface area contributed by atoms with Gasteiger partial charge in [0.1, 0.15) is 11.3 Å².